The Morgan fingerprint density at radius 2 is 1.86 bits per heavy atom. The van der Waals surface area contributed by atoms with Crippen LogP contribution >= 0.6 is 0 Å². The Morgan fingerprint density at radius 1 is 1.23 bits per heavy atom. The van der Waals surface area contributed by atoms with Crippen LogP contribution in [-0.4, -0.2) is 16.1 Å². The molecule has 22 heavy (non-hydrogen) atoms. The summed E-state index contributed by atoms with van der Waals surface area (Å²) in [5.74, 6) is 0.662. The van der Waals surface area contributed by atoms with Crippen molar-refractivity contribution in [2.75, 3.05) is 5.32 Å². The molecule has 0 atom stereocenters. The van der Waals surface area contributed by atoms with Gasteiger partial charge >= 0.3 is 6.09 Å². The molecule has 2 aromatic rings. The average molecular weight is 299 g/mol. The lowest BCUT2D eigenvalue weighted by atomic mass is 10.2. The Morgan fingerprint density at radius 3 is 2.41 bits per heavy atom. The molecule has 2 rings (SSSR count). The van der Waals surface area contributed by atoms with E-state index in [1.54, 1.807) is 6.07 Å². The van der Waals surface area contributed by atoms with Gasteiger partial charge < -0.3 is 9.84 Å². The molecule has 2 aromatic carbocycles. The summed E-state index contributed by atoms with van der Waals surface area (Å²) in [7, 11) is 0. The van der Waals surface area contributed by atoms with Crippen LogP contribution in [0.15, 0.2) is 42.5 Å². The molecular weight excluding hydrogens is 290 g/mol. The molecule has 0 unspecified atom stereocenters. The standard InChI is InChI=1S/C14H9N3O5/c15-8-9-7-12(5-6-13(9)17(20)21)22-11-3-1-10(2-4-11)16-14(18)19/h1-7,16H,(H,18,19). The molecule has 0 spiro atoms. The highest BCUT2D eigenvalue weighted by atomic mass is 16.6. The minimum atomic E-state index is -1.18. The third-order valence-corrected chi connectivity index (χ3v) is 2.63. The molecule has 0 saturated carbocycles. The van der Waals surface area contributed by atoms with Crippen molar-refractivity contribution in [3.05, 3.63) is 58.1 Å². The van der Waals surface area contributed by atoms with Gasteiger partial charge in [-0.15, -0.1) is 0 Å². The van der Waals surface area contributed by atoms with Gasteiger partial charge in [0.15, 0.2) is 0 Å². The number of nitriles is 1. The summed E-state index contributed by atoms with van der Waals surface area (Å²) < 4.78 is 5.47. The van der Waals surface area contributed by atoms with Crippen molar-refractivity contribution in [2.24, 2.45) is 0 Å². The zero-order valence-electron chi connectivity index (χ0n) is 11.0. The molecule has 0 aliphatic carbocycles. The predicted octanol–water partition coefficient (Wildman–Crippen LogP) is 3.35. The van der Waals surface area contributed by atoms with Gasteiger partial charge in [0.1, 0.15) is 23.1 Å². The molecule has 0 aliphatic rings. The second kappa shape index (κ2) is 6.23. The van der Waals surface area contributed by atoms with Gasteiger partial charge in [0, 0.05) is 17.8 Å². The number of amides is 1. The number of anilines is 1. The number of nitro groups is 1. The molecule has 8 heteroatoms. The first-order valence-corrected chi connectivity index (χ1v) is 5.96. The summed E-state index contributed by atoms with van der Waals surface area (Å²) in [6.07, 6.45) is -1.18. The van der Waals surface area contributed by atoms with Gasteiger partial charge in [0.05, 0.1) is 4.92 Å². The van der Waals surface area contributed by atoms with Crippen LogP contribution < -0.4 is 10.1 Å². The van der Waals surface area contributed by atoms with E-state index >= 15 is 0 Å². The Hall–Kier alpha value is -3.60. The molecule has 1 amide bonds. The van der Waals surface area contributed by atoms with E-state index in [4.69, 9.17) is 15.1 Å². The molecule has 0 radical (unpaired) electrons. The average Bonchev–Trinajstić information content (AvgIpc) is 2.48. The maximum absolute atomic E-state index is 10.7. The number of carbonyl (C=O) groups is 1. The number of rotatable bonds is 4. The summed E-state index contributed by atoms with van der Waals surface area (Å²) in [6.45, 7) is 0. The van der Waals surface area contributed by atoms with Crippen LogP contribution in [0.25, 0.3) is 0 Å². The first kappa shape index (κ1) is 14.8. The Balaban J connectivity index is 2.19. The normalized spacial score (nSPS) is 9.59. The van der Waals surface area contributed by atoms with Gasteiger partial charge in [0.25, 0.3) is 5.69 Å². The highest BCUT2D eigenvalue weighted by Crippen LogP contribution is 2.27. The smallest absolute Gasteiger partial charge is 0.409 e. The monoisotopic (exact) mass is 299 g/mol. The second-order valence-corrected chi connectivity index (χ2v) is 4.10. The van der Waals surface area contributed by atoms with Crippen LogP contribution in [-0.2, 0) is 0 Å². The molecule has 2 N–H and O–H groups in total. The first-order chi connectivity index (χ1) is 10.5. The zero-order chi connectivity index (χ0) is 16.1. The highest BCUT2D eigenvalue weighted by Gasteiger charge is 2.14. The van der Waals surface area contributed by atoms with Crippen LogP contribution in [0, 0.1) is 21.4 Å². The van der Waals surface area contributed by atoms with Gasteiger partial charge in [-0.3, -0.25) is 15.4 Å². The van der Waals surface area contributed by atoms with Crippen LogP contribution in [0.3, 0.4) is 0 Å². The van der Waals surface area contributed by atoms with Crippen LogP contribution in [0.4, 0.5) is 16.2 Å². The predicted molar refractivity (Wildman–Crippen MR) is 76.0 cm³/mol. The van der Waals surface area contributed by atoms with E-state index in [0.717, 1.165) is 0 Å². The van der Waals surface area contributed by atoms with Gasteiger partial charge in [-0.2, -0.15) is 5.26 Å². The van der Waals surface area contributed by atoms with Crippen molar-refractivity contribution in [2.45, 2.75) is 0 Å². The molecule has 0 aromatic heterocycles. The van der Waals surface area contributed by atoms with Crippen molar-refractivity contribution in [1.29, 1.82) is 5.26 Å². The summed E-state index contributed by atoms with van der Waals surface area (Å²) in [5.41, 5.74) is -0.0243. The van der Waals surface area contributed by atoms with Crippen LogP contribution in [0.2, 0.25) is 0 Å². The maximum Gasteiger partial charge on any atom is 0.409 e. The van der Waals surface area contributed by atoms with Gasteiger partial charge in [-0.1, -0.05) is 0 Å². The molecule has 0 saturated heterocycles. The lowest BCUT2D eigenvalue weighted by Gasteiger charge is -2.07. The van der Waals surface area contributed by atoms with Crippen molar-refractivity contribution >= 4 is 17.5 Å². The van der Waals surface area contributed by atoms with Crippen LogP contribution in [0.1, 0.15) is 5.56 Å². The van der Waals surface area contributed by atoms with E-state index in [1.165, 1.54) is 42.5 Å². The molecule has 0 fully saturated rings. The third-order valence-electron chi connectivity index (χ3n) is 2.63. The summed E-state index contributed by atoms with van der Waals surface area (Å²) in [6, 6.07) is 11.6. The first-order valence-electron chi connectivity index (χ1n) is 5.96. The fourth-order valence-corrected chi connectivity index (χ4v) is 1.69. The topological polar surface area (TPSA) is 125 Å². The Bertz CT molecular complexity index is 765. The van der Waals surface area contributed by atoms with Crippen molar-refractivity contribution < 1.29 is 19.6 Å². The highest BCUT2D eigenvalue weighted by molar-refractivity contribution is 5.82. The lowest BCUT2D eigenvalue weighted by Crippen LogP contribution is -2.06. The summed E-state index contributed by atoms with van der Waals surface area (Å²) in [5, 5.41) is 30.4. The van der Waals surface area contributed by atoms with Crippen molar-refractivity contribution in [3.8, 4) is 17.6 Å². The second-order valence-electron chi connectivity index (χ2n) is 4.10. The quantitative estimate of drug-likeness (QED) is 0.658. The van der Waals surface area contributed by atoms with E-state index < -0.39 is 11.0 Å². The van der Waals surface area contributed by atoms with E-state index in [0.29, 0.717) is 11.4 Å². The third kappa shape index (κ3) is 3.49. The number of ether oxygens (including phenoxy) is 1. The number of benzene rings is 2. The number of nitro benzene ring substituents is 1. The zero-order valence-corrected chi connectivity index (χ0v) is 11.0. The summed E-state index contributed by atoms with van der Waals surface area (Å²) in [4.78, 5) is 20.6. The lowest BCUT2D eigenvalue weighted by molar-refractivity contribution is -0.385. The molecule has 0 aliphatic heterocycles. The van der Waals surface area contributed by atoms with Crippen molar-refractivity contribution in [1.82, 2.24) is 0 Å². The number of hydrogen-bond acceptors (Lipinski definition) is 5. The number of carboxylic acid groups (broad SMARTS) is 1. The van der Waals surface area contributed by atoms with Gasteiger partial charge in [0.2, 0.25) is 0 Å². The number of nitrogens with one attached hydrogen (secondary N) is 1. The van der Waals surface area contributed by atoms with E-state index in [2.05, 4.69) is 5.32 Å². The Kier molecular flexibility index (Phi) is 4.19. The minimum absolute atomic E-state index is 0.105. The van der Waals surface area contributed by atoms with Gasteiger partial charge in [-0.05, 0) is 30.3 Å². The Labute approximate surface area is 124 Å². The number of hydrogen-bond donors (Lipinski definition) is 2. The largest absolute Gasteiger partial charge is 0.465 e. The fraction of sp³-hybridized carbons (Fsp3) is 0. The van der Waals surface area contributed by atoms with E-state index in [1.807, 2.05) is 0 Å². The molecule has 0 bridgehead atoms. The SMILES string of the molecule is N#Cc1cc(Oc2ccc(NC(=O)O)cc2)ccc1[N+](=O)[O-]. The summed E-state index contributed by atoms with van der Waals surface area (Å²) >= 11 is 0. The number of nitrogens with zero attached hydrogens (tertiary/aromatic N) is 2. The molecule has 8 nitrogen and oxygen atoms in total. The molecule has 0 heterocycles. The minimum Gasteiger partial charge on any atom is -0.465 e. The van der Waals surface area contributed by atoms with E-state index in [9.17, 15) is 14.9 Å². The van der Waals surface area contributed by atoms with Gasteiger partial charge in [-0.25, -0.2) is 4.79 Å². The molecule has 110 valence electrons. The fourth-order valence-electron chi connectivity index (χ4n) is 1.69. The van der Waals surface area contributed by atoms with Crippen LogP contribution in [0.5, 0.6) is 11.5 Å². The van der Waals surface area contributed by atoms with Crippen molar-refractivity contribution in [3.63, 3.8) is 0 Å². The molecular formula is C14H9N3O5. The maximum atomic E-state index is 10.7. The van der Waals surface area contributed by atoms with E-state index in [-0.39, 0.29) is 17.0 Å².